The topological polar surface area (TPSA) is 80.1 Å². The van der Waals surface area contributed by atoms with Crippen LogP contribution in [0.2, 0.25) is 0 Å². The third-order valence-electron chi connectivity index (χ3n) is 3.18. The van der Waals surface area contributed by atoms with E-state index in [0.717, 1.165) is 25.9 Å². The van der Waals surface area contributed by atoms with Crippen molar-refractivity contribution in [2.45, 2.75) is 26.2 Å². The fraction of sp³-hybridized carbons (Fsp3) is 0.727. The third-order valence-corrected chi connectivity index (χ3v) is 3.18. The molecule has 1 aliphatic rings. The number of nitrogens with zero attached hydrogens (tertiary/aromatic N) is 2. The fourth-order valence-corrected chi connectivity index (χ4v) is 2.05. The second-order valence-electron chi connectivity index (χ2n) is 4.68. The minimum absolute atomic E-state index is 0.101. The minimum Gasteiger partial charge on any atom is -0.355 e. The first-order chi connectivity index (χ1) is 8.21. The molecule has 1 unspecified atom stereocenters. The highest BCUT2D eigenvalue weighted by Gasteiger charge is 2.34. The van der Waals surface area contributed by atoms with Gasteiger partial charge in [0.15, 0.2) is 6.33 Å². The van der Waals surface area contributed by atoms with E-state index in [9.17, 15) is 4.79 Å². The van der Waals surface area contributed by atoms with Gasteiger partial charge in [-0.25, -0.2) is 0 Å². The molecule has 0 bridgehead atoms. The van der Waals surface area contributed by atoms with E-state index in [0.29, 0.717) is 18.9 Å². The van der Waals surface area contributed by atoms with E-state index in [1.807, 2.05) is 6.92 Å². The van der Waals surface area contributed by atoms with E-state index in [1.54, 1.807) is 0 Å². The highest BCUT2D eigenvalue weighted by atomic mass is 16.5. The maximum atomic E-state index is 12.0. The highest BCUT2D eigenvalue weighted by molar-refractivity contribution is 5.82. The van der Waals surface area contributed by atoms with E-state index >= 15 is 0 Å². The number of hydrogen-bond acceptors (Lipinski definition) is 5. The zero-order valence-electron chi connectivity index (χ0n) is 10.0. The molecule has 0 spiro atoms. The largest absolute Gasteiger partial charge is 0.355 e. The predicted octanol–water partition coefficient (Wildman–Crippen LogP) is 0.118. The molecular formula is C11H18N4O2. The summed E-state index contributed by atoms with van der Waals surface area (Å²) >= 11 is 0. The monoisotopic (exact) mass is 238 g/mol. The van der Waals surface area contributed by atoms with Gasteiger partial charge in [0.25, 0.3) is 0 Å². The molecule has 1 saturated heterocycles. The van der Waals surface area contributed by atoms with Gasteiger partial charge < -0.3 is 15.2 Å². The normalized spacial score (nSPS) is 24.5. The third kappa shape index (κ3) is 3.03. The van der Waals surface area contributed by atoms with E-state index in [4.69, 9.17) is 4.52 Å². The van der Waals surface area contributed by atoms with E-state index in [-0.39, 0.29) is 11.3 Å². The number of carbonyl (C=O) groups excluding carboxylic acids is 1. The second-order valence-corrected chi connectivity index (χ2v) is 4.68. The summed E-state index contributed by atoms with van der Waals surface area (Å²) in [7, 11) is 0. The number of piperidine rings is 1. The van der Waals surface area contributed by atoms with Crippen molar-refractivity contribution >= 4 is 5.91 Å². The molecule has 1 aliphatic heterocycles. The van der Waals surface area contributed by atoms with Crippen LogP contribution in [-0.2, 0) is 11.2 Å². The van der Waals surface area contributed by atoms with Crippen LogP contribution < -0.4 is 10.6 Å². The quantitative estimate of drug-likeness (QED) is 0.778. The number of nitrogens with one attached hydrogen (secondary N) is 2. The lowest BCUT2D eigenvalue weighted by Gasteiger charge is -2.32. The average Bonchev–Trinajstić information content (AvgIpc) is 2.83. The Balaban J connectivity index is 1.76. The second kappa shape index (κ2) is 5.27. The number of rotatable bonds is 4. The molecule has 6 heteroatoms. The molecule has 6 nitrogen and oxygen atoms in total. The number of carbonyl (C=O) groups is 1. The van der Waals surface area contributed by atoms with Gasteiger partial charge in [-0.15, -0.1) is 0 Å². The molecule has 0 saturated carbocycles. The van der Waals surface area contributed by atoms with Gasteiger partial charge in [0.2, 0.25) is 11.8 Å². The summed E-state index contributed by atoms with van der Waals surface area (Å²) in [5.41, 5.74) is -0.285. The van der Waals surface area contributed by atoms with Gasteiger partial charge in [0.05, 0.1) is 5.41 Å². The number of amides is 1. The Bertz CT molecular complexity index is 358. The first kappa shape index (κ1) is 12.0. The summed E-state index contributed by atoms with van der Waals surface area (Å²) in [6.45, 7) is 4.29. The van der Waals surface area contributed by atoms with Crippen LogP contribution in [0.5, 0.6) is 0 Å². The molecule has 1 aromatic heterocycles. The van der Waals surface area contributed by atoms with Crippen LogP contribution in [0.1, 0.15) is 25.7 Å². The summed E-state index contributed by atoms with van der Waals surface area (Å²) in [5.74, 6) is 0.654. The van der Waals surface area contributed by atoms with Gasteiger partial charge in [-0.05, 0) is 26.3 Å². The average molecular weight is 238 g/mol. The van der Waals surface area contributed by atoms with E-state index in [1.165, 1.54) is 6.33 Å². The molecule has 2 rings (SSSR count). The number of aromatic nitrogens is 2. The molecule has 1 aromatic rings. The van der Waals surface area contributed by atoms with Crippen molar-refractivity contribution in [1.82, 2.24) is 20.8 Å². The predicted molar refractivity (Wildman–Crippen MR) is 61.2 cm³/mol. The Kier molecular flexibility index (Phi) is 3.73. The summed E-state index contributed by atoms with van der Waals surface area (Å²) in [6, 6.07) is 0. The zero-order valence-corrected chi connectivity index (χ0v) is 10.0. The molecule has 0 aliphatic carbocycles. The number of hydrogen-bond donors (Lipinski definition) is 2. The highest BCUT2D eigenvalue weighted by Crippen LogP contribution is 2.25. The molecule has 94 valence electrons. The van der Waals surface area contributed by atoms with Crippen molar-refractivity contribution in [3.05, 3.63) is 12.2 Å². The maximum Gasteiger partial charge on any atom is 0.228 e. The molecule has 1 fully saturated rings. The smallest absolute Gasteiger partial charge is 0.228 e. The van der Waals surface area contributed by atoms with Gasteiger partial charge in [0, 0.05) is 19.5 Å². The van der Waals surface area contributed by atoms with E-state index < -0.39 is 0 Å². The van der Waals surface area contributed by atoms with Gasteiger partial charge in [-0.3, -0.25) is 4.79 Å². The Morgan fingerprint density at radius 3 is 3.24 bits per heavy atom. The van der Waals surface area contributed by atoms with Crippen LogP contribution in [0, 0.1) is 5.41 Å². The first-order valence-corrected chi connectivity index (χ1v) is 5.95. The molecule has 0 aromatic carbocycles. The maximum absolute atomic E-state index is 12.0. The summed E-state index contributed by atoms with van der Waals surface area (Å²) in [4.78, 5) is 15.9. The Labute approximate surface area is 100 Å². The molecular weight excluding hydrogens is 220 g/mol. The first-order valence-electron chi connectivity index (χ1n) is 5.95. The van der Waals surface area contributed by atoms with Crippen LogP contribution in [0.25, 0.3) is 0 Å². The Hall–Kier alpha value is -1.43. The van der Waals surface area contributed by atoms with Gasteiger partial charge in [0.1, 0.15) is 0 Å². The summed E-state index contributed by atoms with van der Waals surface area (Å²) in [6.07, 6.45) is 3.93. The SMILES string of the molecule is CC1(C(=O)NCCc2ncno2)CCCNC1. The standard InChI is InChI=1S/C11H18N4O2/c1-11(4-2-5-12-7-11)10(16)13-6-3-9-14-8-15-17-9/h8,12H,2-7H2,1H3,(H,13,16). The van der Waals surface area contributed by atoms with Crippen molar-refractivity contribution in [3.8, 4) is 0 Å². The minimum atomic E-state index is -0.285. The molecule has 1 amide bonds. The van der Waals surface area contributed by atoms with Crippen LogP contribution in [0.3, 0.4) is 0 Å². The van der Waals surface area contributed by atoms with Gasteiger partial charge in [-0.2, -0.15) is 4.98 Å². The lowest BCUT2D eigenvalue weighted by Crippen LogP contribution is -2.49. The fourth-order valence-electron chi connectivity index (χ4n) is 2.05. The molecule has 2 heterocycles. The van der Waals surface area contributed by atoms with Crippen molar-refractivity contribution in [1.29, 1.82) is 0 Å². The van der Waals surface area contributed by atoms with Gasteiger partial charge >= 0.3 is 0 Å². The van der Waals surface area contributed by atoms with Crippen molar-refractivity contribution in [2.75, 3.05) is 19.6 Å². The summed E-state index contributed by atoms with van der Waals surface area (Å²) < 4.78 is 4.86. The Morgan fingerprint density at radius 1 is 1.71 bits per heavy atom. The van der Waals surface area contributed by atoms with Crippen LogP contribution >= 0.6 is 0 Å². The molecule has 17 heavy (non-hydrogen) atoms. The molecule has 2 N–H and O–H groups in total. The van der Waals surface area contributed by atoms with Crippen LogP contribution in [-0.4, -0.2) is 35.7 Å². The van der Waals surface area contributed by atoms with Crippen LogP contribution in [0.15, 0.2) is 10.9 Å². The van der Waals surface area contributed by atoms with Crippen molar-refractivity contribution < 1.29 is 9.32 Å². The summed E-state index contributed by atoms with van der Waals surface area (Å²) in [5, 5.41) is 9.70. The lowest BCUT2D eigenvalue weighted by molar-refractivity contribution is -0.131. The Morgan fingerprint density at radius 2 is 2.59 bits per heavy atom. The van der Waals surface area contributed by atoms with Gasteiger partial charge in [-0.1, -0.05) is 5.16 Å². The van der Waals surface area contributed by atoms with Crippen molar-refractivity contribution in [3.63, 3.8) is 0 Å². The molecule has 0 radical (unpaired) electrons. The van der Waals surface area contributed by atoms with Crippen molar-refractivity contribution in [2.24, 2.45) is 5.41 Å². The van der Waals surface area contributed by atoms with E-state index in [2.05, 4.69) is 20.8 Å². The molecule has 1 atom stereocenters. The lowest BCUT2D eigenvalue weighted by atomic mass is 9.82. The zero-order chi connectivity index (χ0) is 12.1. The van der Waals surface area contributed by atoms with Crippen LogP contribution in [0.4, 0.5) is 0 Å².